The number of nitrogens with one attached hydrogen (secondary N) is 2. The first kappa shape index (κ1) is 13.8. The third-order valence-electron chi connectivity index (χ3n) is 2.22. The molecule has 100 valence electrons. The summed E-state index contributed by atoms with van der Waals surface area (Å²) in [4.78, 5) is 10.9. The van der Waals surface area contributed by atoms with Gasteiger partial charge in [-0.3, -0.25) is 9.82 Å². The molecule has 0 aliphatic rings. The number of anilines is 1. The SMILES string of the molecule is O=C(O)c1cc(S(=O)(=O)Nc2ccn[nH]2)ccc1I. The van der Waals surface area contributed by atoms with Gasteiger partial charge in [0, 0.05) is 9.64 Å². The van der Waals surface area contributed by atoms with Crippen LogP contribution in [-0.4, -0.2) is 29.7 Å². The summed E-state index contributed by atoms with van der Waals surface area (Å²) >= 11 is 1.83. The summed E-state index contributed by atoms with van der Waals surface area (Å²) in [5, 5.41) is 15.0. The van der Waals surface area contributed by atoms with E-state index in [9.17, 15) is 13.2 Å². The molecule has 0 spiro atoms. The van der Waals surface area contributed by atoms with Gasteiger partial charge in [-0.2, -0.15) is 5.10 Å². The predicted molar refractivity (Wildman–Crippen MR) is 75.5 cm³/mol. The van der Waals surface area contributed by atoms with E-state index in [4.69, 9.17) is 5.11 Å². The Labute approximate surface area is 122 Å². The second kappa shape index (κ2) is 5.17. The van der Waals surface area contributed by atoms with E-state index in [0.717, 1.165) is 6.07 Å². The van der Waals surface area contributed by atoms with Crippen molar-refractivity contribution in [1.29, 1.82) is 0 Å². The van der Waals surface area contributed by atoms with E-state index in [2.05, 4.69) is 14.9 Å². The molecule has 0 unspecified atom stereocenters. The van der Waals surface area contributed by atoms with Crippen LogP contribution in [-0.2, 0) is 10.0 Å². The van der Waals surface area contributed by atoms with Crippen LogP contribution in [0.4, 0.5) is 5.82 Å². The summed E-state index contributed by atoms with van der Waals surface area (Å²) in [6, 6.07) is 5.34. The molecule has 1 heterocycles. The summed E-state index contributed by atoms with van der Waals surface area (Å²) in [5.74, 6) is -0.974. The van der Waals surface area contributed by atoms with Crippen LogP contribution < -0.4 is 4.72 Å². The fraction of sp³-hybridized carbons (Fsp3) is 0. The molecular formula is C10H8IN3O4S. The number of aromatic carboxylic acids is 1. The third kappa shape index (κ3) is 3.04. The summed E-state index contributed by atoms with van der Waals surface area (Å²) in [6.07, 6.45) is 1.40. The van der Waals surface area contributed by atoms with Crippen LogP contribution in [0.3, 0.4) is 0 Å². The lowest BCUT2D eigenvalue weighted by Crippen LogP contribution is -2.14. The highest BCUT2D eigenvalue weighted by atomic mass is 127. The molecule has 3 N–H and O–H groups in total. The highest BCUT2D eigenvalue weighted by Crippen LogP contribution is 2.19. The highest BCUT2D eigenvalue weighted by molar-refractivity contribution is 14.1. The largest absolute Gasteiger partial charge is 0.478 e. The minimum Gasteiger partial charge on any atom is -0.478 e. The van der Waals surface area contributed by atoms with Gasteiger partial charge in [0.15, 0.2) is 0 Å². The molecule has 2 rings (SSSR count). The molecule has 1 aromatic heterocycles. The maximum Gasteiger partial charge on any atom is 0.336 e. The number of aromatic amines is 1. The molecule has 19 heavy (non-hydrogen) atoms. The maximum atomic E-state index is 12.0. The number of halogens is 1. The van der Waals surface area contributed by atoms with Crippen molar-refractivity contribution in [3.63, 3.8) is 0 Å². The molecule has 7 nitrogen and oxygen atoms in total. The quantitative estimate of drug-likeness (QED) is 0.682. The maximum absolute atomic E-state index is 12.0. The first-order valence-electron chi connectivity index (χ1n) is 4.95. The molecule has 0 saturated heterocycles. The standard InChI is InChI=1S/C10H8IN3O4S/c11-8-2-1-6(5-7(8)10(15)16)19(17,18)14-9-3-4-12-13-9/h1-5H,(H,15,16)(H2,12,13,14). The number of aromatic nitrogens is 2. The number of H-pyrrole nitrogens is 1. The molecule has 0 fully saturated rings. The lowest BCUT2D eigenvalue weighted by Gasteiger charge is -2.07. The van der Waals surface area contributed by atoms with Crippen molar-refractivity contribution in [3.05, 3.63) is 39.6 Å². The van der Waals surface area contributed by atoms with Crippen molar-refractivity contribution >= 4 is 44.4 Å². The lowest BCUT2D eigenvalue weighted by atomic mass is 10.2. The van der Waals surface area contributed by atoms with Crippen LogP contribution in [0.1, 0.15) is 10.4 Å². The van der Waals surface area contributed by atoms with E-state index in [1.165, 1.54) is 24.4 Å². The second-order valence-electron chi connectivity index (χ2n) is 3.52. The Morgan fingerprint density at radius 2 is 2.11 bits per heavy atom. The number of sulfonamides is 1. The van der Waals surface area contributed by atoms with E-state index in [0.29, 0.717) is 3.57 Å². The normalized spacial score (nSPS) is 11.2. The average Bonchev–Trinajstić information content (AvgIpc) is 2.80. The van der Waals surface area contributed by atoms with Crippen LogP contribution in [0.25, 0.3) is 0 Å². The first-order valence-corrected chi connectivity index (χ1v) is 7.51. The van der Waals surface area contributed by atoms with Gasteiger partial charge in [-0.05, 0) is 40.8 Å². The fourth-order valence-electron chi connectivity index (χ4n) is 1.35. The number of carboxylic acids is 1. The van der Waals surface area contributed by atoms with Gasteiger partial charge in [0.05, 0.1) is 16.7 Å². The van der Waals surface area contributed by atoms with Gasteiger partial charge in [-0.25, -0.2) is 13.2 Å². The molecule has 0 aliphatic heterocycles. The Balaban J connectivity index is 2.41. The third-order valence-corrected chi connectivity index (χ3v) is 4.53. The van der Waals surface area contributed by atoms with Gasteiger partial charge >= 0.3 is 5.97 Å². The second-order valence-corrected chi connectivity index (χ2v) is 6.37. The number of benzene rings is 1. The van der Waals surface area contributed by atoms with Gasteiger partial charge in [-0.1, -0.05) is 0 Å². The zero-order chi connectivity index (χ0) is 14.0. The Bertz CT molecular complexity index is 712. The average molecular weight is 393 g/mol. The minimum atomic E-state index is -3.84. The Hall–Kier alpha value is -1.62. The molecule has 0 aliphatic carbocycles. The van der Waals surface area contributed by atoms with Crippen LogP contribution >= 0.6 is 22.6 Å². The van der Waals surface area contributed by atoms with E-state index in [1.807, 2.05) is 22.6 Å². The zero-order valence-electron chi connectivity index (χ0n) is 9.29. The molecule has 0 atom stereocenters. The number of hydrogen-bond donors (Lipinski definition) is 3. The monoisotopic (exact) mass is 393 g/mol. The number of nitrogens with zero attached hydrogens (tertiary/aromatic N) is 1. The molecule has 1 aromatic carbocycles. The number of rotatable bonds is 4. The van der Waals surface area contributed by atoms with Gasteiger partial charge in [-0.15, -0.1) is 0 Å². The van der Waals surface area contributed by atoms with Crippen molar-refractivity contribution in [2.24, 2.45) is 0 Å². The van der Waals surface area contributed by atoms with Crippen molar-refractivity contribution in [2.45, 2.75) is 4.90 Å². The molecule has 0 amide bonds. The van der Waals surface area contributed by atoms with Gasteiger partial charge < -0.3 is 5.11 Å². The van der Waals surface area contributed by atoms with E-state index >= 15 is 0 Å². The van der Waals surface area contributed by atoms with Crippen LogP contribution in [0.5, 0.6) is 0 Å². The van der Waals surface area contributed by atoms with Crippen molar-refractivity contribution in [2.75, 3.05) is 4.72 Å². The zero-order valence-corrected chi connectivity index (χ0v) is 12.3. The number of carbonyl (C=O) groups is 1. The Kier molecular flexibility index (Phi) is 3.75. The first-order chi connectivity index (χ1) is 8.90. The van der Waals surface area contributed by atoms with Gasteiger partial charge in [0.2, 0.25) is 0 Å². The molecule has 0 saturated carbocycles. The number of hydrogen-bond acceptors (Lipinski definition) is 4. The van der Waals surface area contributed by atoms with Gasteiger partial charge in [0.25, 0.3) is 10.0 Å². The summed E-state index contributed by atoms with van der Waals surface area (Å²) < 4.78 is 26.8. The molecular weight excluding hydrogens is 385 g/mol. The molecule has 9 heteroatoms. The summed E-state index contributed by atoms with van der Waals surface area (Å²) in [6.45, 7) is 0. The summed E-state index contributed by atoms with van der Waals surface area (Å²) in [5.41, 5.74) is -0.0620. The van der Waals surface area contributed by atoms with Crippen molar-refractivity contribution in [1.82, 2.24) is 10.2 Å². The lowest BCUT2D eigenvalue weighted by molar-refractivity contribution is 0.0695. The summed E-state index contributed by atoms with van der Waals surface area (Å²) in [7, 11) is -3.84. The molecule has 0 bridgehead atoms. The topological polar surface area (TPSA) is 112 Å². The number of carboxylic acid groups (broad SMARTS) is 1. The van der Waals surface area contributed by atoms with Crippen LogP contribution in [0, 0.1) is 3.57 Å². The van der Waals surface area contributed by atoms with Crippen LogP contribution in [0.15, 0.2) is 35.4 Å². The van der Waals surface area contributed by atoms with E-state index < -0.39 is 16.0 Å². The molecule has 0 radical (unpaired) electrons. The highest BCUT2D eigenvalue weighted by Gasteiger charge is 2.18. The smallest absolute Gasteiger partial charge is 0.336 e. The van der Waals surface area contributed by atoms with Crippen molar-refractivity contribution in [3.8, 4) is 0 Å². The predicted octanol–water partition coefficient (Wildman–Crippen LogP) is 1.51. The Morgan fingerprint density at radius 3 is 2.68 bits per heavy atom. The molecule has 2 aromatic rings. The van der Waals surface area contributed by atoms with E-state index in [-0.39, 0.29) is 16.3 Å². The van der Waals surface area contributed by atoms with Crippen LogP contribution in [0.2, 0.25) is 0 Å². The minimum absolute atomic E-state index is 0.0620. The Morgan fingerprint density at radius 1 is 1.37 bits per heavy atom. The van der Waals surface area contributed by atoms with E-state index in [1.54, 1.807) is 0 Å². The fourth-order valence-corrected chi connectivity index (χ4v) is 2.96. The van der Waals surface area contributed by atoms with Gasteiger partial charge in [0.1, 0.15) is 5.82 Å². The van der Waals surface area contributed by atoms with Crippen molar-refractivity contribution < 1.29 is 18.3 Å².